The zero-order chi connectivity index (χ0) is 23.5. The Hall–Kier alpha value is -2.80. The maximum Gasteiger partial charge on any atom is 0.417 e. The minimum atomic E-state index is -4.79. The summed E-state index contributed by atoms with van der Waals surface area (Å²) < 4.78 is 90.2. The summed E-state index contributed by atoms with van der Waals surface area (Å²) in [4.78, 5) is 17.7. The number of halogens is 5. The molecule has 1 aliphatic carbocycles. The molecule has 1 aliphatic heterocycles. The summed E-state index contributed by atoms with van der Waals surface area (Å²) in [6.45, 7) is -0.00296. The first-order valence-electron chi connectivity index (χ1n) is 9.40. The van der Waals surface area contributed by atoms with E-state index in [1.165, 1.54) is 23.1 Å². The largest absolute Gasteiger partial charge is 0.417 e. The Balaban J connectivity index is 1.68. The Morgan fingerprint density at radius 2 is 1.94 bits per heavy atom. The monoisotopic (exact) mass is 476 g/mol. The van der Waals surface area contributed by atoms with E-state index >= 15 is 0 Å². The van der Waals surface area contributed by atoms with Gasteiger partial charge in [0.15, 0.2) is 0 Å². The van der Waals surface area contributed by atoms with Crippen LogP contribution in [-0.4, -0.2) is 38.3 Å². The predicted molar refractivity (Wildman–Crippen MR) is 104 cm³/mol. The molecule has 2 heterocycles. The number of rotatable bonds is 4. The zero-order valence-corrected chi connectivity index (χ0v) is 17.1. The summed E-state index contributed by atoms with van der Waals surface area (Å²) in [6, 6.07) is 5.44. The highest BCUT2D eigenvalue weighted by atomic mass is 32.2. The molecule has 1 aromatic carbocycles. The molecule has 1 amide bonds. The van der Waals surface area contributed by atoms with Crippen LogP contribution in [0.25, 0.3) is 0 Å². The van der Waals surface area contributed by atoms with Gasteiger partial charge in [0.25, 0.3) is 11.8 Å². The van der Waals surface area contributed by atoms with Crippen LogP contribution in [0.4, 0.5) is 33.5 Å². The van der Waals surface area contributed by atoms with Crippen molar-refractivity contribution in [2.75, 3.05) is 23.3 Å². The number of anilines is 2. The van der Waals surface area contributed by atoms with Gasteiger partial charge >= 0.3 is 6.18 Å². The number of amides is 1. The molecule has 172 valence electrons. The van der Waals surface area contributed by atoms with Crippen molar-refractivity contribution in [2.24, 2.45) is 17.0 Å². The van der Waals surface area contributed by atoms with Crippen LogP contribution < -0.4 is 15.4 Å². The molecule has 4 rings (SSSR count). The lowest BCUT2D eigenvalue weighted by Gasteiger charge is -2.38. The summed E-state index contributed by atoms with van der Waals surface area (Å²) in [5.41, 5.74) is -1.68. The van der Waals surface area contributed by atoms with Crippen molar-refractivity contribution >= 4 is 27.4 Å². The van der Waals surface area contributed by atoms with Gasteiger partial charge in [-0.3, -0.25) is 4.79 Å². The van der Waals surface area contributed by atoms with Crippen LogP contribution in [0.1, 0.15) is 22.3 Å². The molecular formula is C19H17F5N4O3S. The van der Waals surface area contributed by atoms with E-state index in [2.05, 4.69) is 10.3 Å². The number of carbonyl (C=O) groups is 1. The van der Waals surface area contributed by atoms with E-state index in [4.69, 9.17) is 5.14 Å². The molecule has 0 bridgehead atoms. The number of fused-ring (bicyclic) bond motifs is 1. The van der Waals surface area contributed by atoms with Crippen LogP contribution in [0.3, 0.4) is 0 Å². The SMILES string of the molecule is NS(=O)(=O)c1cccc(NC(=O)c2cc(C(F)(F)F)cnc2N2C[C@H]3CC(F)(F)[C@H]3C2)c1. The first kappa shape index (κ1) is 22.4. The highest BCUT2D eigenvalue weighted by molar-refractivity contribution is 7.89. The molecule has 7 nitrogen and oxygen atoms in total. The zero-order valence-electron chi connectivity index (χ0n) is 16.2. The Labute approximate surface area is 179 Å². The van der Waals surface area contributed by atoms with E-state index in [-0.39, 0.29) is 41.8 Å². The van der Waals surface area contributed by atoms with E-state index in [1.807, 2.05) is 0 Å². The van der Waals surface area contributed by atoms with E-state index < -0.39 is 45.1 Å². The molecule has 0 spiro atoms. The van der Waals surface area contributed by atoms with Gasteiger partial charge in [-0.25, -0.2) is 27.3 Å². The van der Waals surface area contributed by atoms with Crippen molar-refractivity contribution in [3.05, 3.63) is 47.7 Å². The smallest absolute Gasteiger partial charge is 0.355 e. The number of carbonyl (C=O) groups excluding carboxylic acids is 1. The highest BCUT2D eigenvalue weighted by Gasteiger charge is 2.60. The number of pyridine rings is 1. The minimum Gasteiger partial charge on any atom is -0.355 e. The summed E-state index contributed by atoms with van der Waals surface area (Å²) in [5, 5.41) is 7.38. The maximum absolute atomic E-state index is 13.7. The fraction of sp³-hybridized carbons (Fsp3) is 0.368. The Morgan fingerprint density at radius 3 is 2.53 bits per heavy atom. The molecule has 1 aromatic heterocycles. The lowest BCUT2D eigenvalue weighted by molar-refractivity contribution is -0.152. The predicted octanol–water partition coefficient (Wildman–Crippen LogP) is 3.09. The Morgan fingerprint density at radius 1 is 1.22 bits per heavy atom. The normalized spacial score (nSPS) is 22.2. The molecule has 2 fully saturated rings. The molecule has 0 unspecified atom stereocenters. The van der Waals surface area contributed by atoms with Gasteiger partial charge in [-0.2, -0.15) is 13.2 Å². The van der Waals surface area contributed by atoms with Gasteiger partial charge in [0.2, 0.25) is 10.0 Å². The van der Waals surface area contributed by atoms with Gasteiger partial charge < -0.3 is 10.2 Å². The molecule has 0 radical (unpaired) electrons. The number of alkyl halides is 5. The van der Waals surface area contributed by atoms with Gasteiger partial charge in [0.05, 0.1) is 16.0 Å². The first-order valence-corrected chi connectivity index (χ1v) is 10.9. The maximum atomic E-state index is 13.7. The average Bonchev–Trinajstić information content (AvgIpc) is 3.05. The van der Waals surface area contributed by atoms with Crippen molar-refractivity contribution in [1.29, 1.82) is 0 Å². The number of hydrogen-bond acceptors (Lipinski definition) is 5. The lowest BCUT2D eigenvalue weighted by atomic mass is 9.72. The third-order valence-electron chi connectivity index (χ3n) is 5.68. The Kier molecular flexibility index (Phi) is 5.16. The van der Waals surface area contributed by atoms with Crippen LogP contribution in [0.5, 0.6) is 0 Å². The topological polar surface area (TPSA) is 105 Å². The van der Waals surface area contributed by atoms with Crippen LogP contribution in [-0.2, 0) is 16.2 Å². The van der Waals surface area contributed by atoms with Crippen molar-refractivity contribution in [3.63, 3.8) is 0 Å². The summed E-state index contributed by atoms with van der Waals surface area (Å²) in [5.74, 6) is -5.30. The van der Waals surface area contributed by atoms with Gasteiger partial charge in [-0.05, 0) is 30.2 Å². The van der Waals surface area contributed by atoms with Gasteiger partial charge in [-0.15, -0.1) is 0 Å². The summed E-state index contributed by atoms with van der Waals surface area (Å²) >= 11 is 0. The molecule has 32 heavy (non-hydrogen) atoms. The fourth-order valence-electron chi connectivity index (χ4n) is 4.05. The number of nitrogens with one attached hydrogen (secondary N) is 1. The number of hydrogen-bond donors (Lipinski definition) is 2. The van der Waals surface area contributed by atoms with E-state index in [9.17, 15) is 35.2 Å². The van der Waals surface area contributed by atoms with Crippen LogP contribution >= 0.6 is 0 Å². The van der Waals surface area contributed by atoms with Gasteiger partial charge in [0, 0.05) is 37.3 Å². The number of benzene rings is 1. The fourth-order valence-corrected chi connectivity index (χ4v) is 4.61. The van der Waals surface area contributed by atoms with Crippen molar-refractivity contribution in [3.8, 4) is 0 Å². The van der Waals surface area contributed by atoms with Gasteiger partial charge in [-0.1, -0.05) is 6.07 Å². The minimum absolute atomic E-state index is 0.0297. The number of aromatic nitrogens is 1. The van der Waals surface area contributed by atoms with E-state index in [0.29, 0.717) is 12.3 Å². The summed E-state index contributed by atoms with van der Waals surface area (Å²) in [6.07, 6.45) is -4.56. The van der Waals surface area contributed by atoms with Crippen molar-refractivity contribution < 1.29 is 35.2 Å². The van der Waals surface area contributed by atoms with E-state index in [0.717, 1.165) is 6.07 Å². The third kappa shape index (κ3) is 4.13. The second-order valence-corrected chi connectivity index (χ2v) is 9.42. The van der Waals surface area contributed by atoms with E-state index in [1.54, 1.807) is 0 Å². The molecule has 1 saturated carbocycles. The molecule has 2 aliphatic rings. The van der Waals surface area contributed by atoms with Crippen molar-refractivity contribution in [1.82, 2.24) is 4.98 Å². The second kappa shape index (κ2) is 7.37. The first-order chi connectivity index (χ1) is 14.8. The quantitative estimate of drug-likeness (QED) is 0.660. The number of nitrogens with two attached hydrogens (primary N) is 1. The van der Waals surface area contributed by atoms with Crippen LogP contribution in [0.2, 0.25) is 0 Å². The molecule has 2 aromatic rings. The molecular weight excluding hydrogens is 459 g/mol. The van der Waals surface area contributed by atoms with Gasteiger partial charge in [0.1, 0.15) is 5.82 Å². The second-order valence-electron chi connectivity index (χ2n) is 7.86. The molecule has 1 saturated heterocycles. The standard InChI is InChI=1S/C19H17F5N4O3S/c20-18(21)6-10-8-28(9-15(10)18)16-14(4-11(7-26-16)19(22,23)24)17(29)27-12-2-1-3-13(5-12)32(25,30)31/h1-5,7,10,15H,6,8-9H2,(H,27,29)(H2,25,30,31)/t10-,15+/m1/s1. The molecule has 13 heteroatoms. The lowest BCUT2D eigenvalue weighted by Crippen LogP contribution is -2.46. The number of nitrogens with zero attached hydrogens (tertiary/aromatic N) is 2. The number of primary sulfonamides is 1. The highest BCUT2D eigenvalue weighted by Crippen LogP contribution is 2.53. The number of sulfonamides is 1. The van der Waals surface area contributed by atoms with Crippen LogP contribution in [0.15, 0.2) is 41.4 Å². The molecule has 2 atom stereocenters. The molecule has 3 N–H and O–H groups in total. The average molecular weight is 476 g/mol. The summed E-state index contributed by atoms with van der Waals surface area (Å²) in [7, 11) is -4.08. The van der Waals surface area contributed by atoms with Crippen LogP contribution in [0, 0.1) is 11.8 Å². The Bertz CT molecular complexity index is 1190. The third-order valence-corrected chi connectivity index (χ3v) is 6.59. The van der Waals surface area contributed by atoms with Crippen molar-refractivity contribution in [2.45, 2.75) is 23.4 Å².